The number of methoxy groups -OCH3 is 3. The number of benzene rings is 2. The molecule has 11 nitrogen and oxygen atoms in total. The number of anilines is 1. The lowest BCUT2D eigenvalue weighted by Crippen LogP contribution is -2.26. The van der Waals surface area contributed by atoms with E-state index in [-0.39, 0.29) is 17.6 Å². The molecule has 37 heavy (non-hydrogen) atoms. The summed E-state index contributed by atoms with van der Waals surface area (Å²) in [7, 11) is 4.66. The summed E-state index contributed by atoms with van der Waals surface area (Å²) >= 11 is 1.29. The van der Waals surface area contributed by atoms with E-state index in [2.05, 4.69) is 25.9 Å². The summed E-state index contributed by atoms with van der Waals surface area (Å²) in [6.07, 6.45) is 0.434. The highest BCUT2D eigenvalue weighted by atomic mass is 32.2. The Balaban J connectivity index is 1.32. The van der Waals surface area contributed by atoms with E-state index < -0.39 is 0 Å². The number of carbonyl (C=O) groups excluding carboxylic acids is 2. The summed E-state index contributed by atoms with van der Waals surface area (Å²) in [5, 5.41) is 19.2. The lowest BCUT2D eigenvalue weighted by molar-refractivity contribution is -0.113. The Kier molecular flexibility index (Phi) is 8.41. The molecule has 0 bridgehead atoms. The van der Waals surface area contributed by atoms with Gasteiger partial charge in [-0.3, -0.25) is 9.59 Å². The Bertz CT molecular complexity index is 1390. The topological polar surface area (TPSA) is 129 Å². The molecular formula is C25H26N6O5S. The summed E-state index contributed by atoms with van der Waals surface area (Å²) < 4.78 is 17.2. The number of rotatable bonds is 11. The van der Waals surface area contributed by atoms with Gasteiger partial charge in [-0.2, -0.15) is 9.61 Å². The predicted molar refractivity (Wildman–Crippen MR) is 139 cm³/mol. The van der Waals surface area contributed by atoms with Gasteiger partial charge in [0.05, 0.1) is 27.1 Å². The van der Waals surface area contributed by atoms with E-state index in [1.54, 1.807) is 73.3 Å². The molecule has 192 valence electrons. The number of nitrogens with zero attached hydrogens (tertiary/aromatic N) is 4. The molecule has 0 radical (unpaired) electrons. The van der Waals surface area contributed by atoms with Crippen molar-refractivity contribution in [3.05, 3.63) is 66.0 Å². The number of aromatic nitrogens is 4. The van der Waals surface area contributed by atoms with Gasteiger partial charge in [0, 0.05) is 30.3 Å². The summed E-state index contributed by atoms with van der Waals surface area (Å²) in [5.74, 6) is 2.16. The van der Waals surface area contributed by atoms with Crippen LogP contribution >= 0.6 is 11.8 Å². The zero-order valence-electron chi connectivity index (χ0n) is 20.6. The molecule has 0 saturated heterocycles. The molecule has 0 aliphatic rings. The van der Waals surface area contributed by atoms with E-state index in [0.717, 1.165) is 0 Å². The lowest BCUT2D eigenvalue weighted by Gasteiger charge is -2.10. The maximum atomic E-state index is 12.5. The third-order valence-electron chi connectivity index (χ3n) is 5.31. The van der Waals surface area contributed by atoms with E-state index in [9.17, 15) is 9.59 Å². The maximum absolute atomic E-state index is 12.5. The molecule has 0 aliphatic carbocycles. The summed E-state index contributed by atoms with van der Waals surface area (Å²) in [6.45, 7) is 0.360. The van der Waals surface area contributed by atoms with E-state index in [4.69, 9.17) is 14.2 Å². The highest BCUT2D eigenvalue weighted by molar-refractivity contribution is 7.99. The Labute approximate surface area is 217 Å². The number of thioether (sulfide) groups is 1. The maximum Gasteiger partial charge on any atom is 0.251 e. The molecular weight excluding hydrogens is 496 g/mol. The number of nitrogens with one attached hydrogen (secondary N) is 2. The number of hydrogen-bond acceptors (Lipinski definition) is 9. The van der Waals surface area contributed by atoms with Crippen LogP contribution in [0.5, 0.6) is 17.2 Å². The molecule has 2 N–H and O–H groups in total. The van der Waals surface area contributed by atoms with Crippen LogP contribution in [0.4, 0.5) is 5.69 Å². The fourth-order valence-electron chi connectivity index (χ4n) is 3.43. The Hall–Kier alpha value is -4.32. The molecule has 4 aromatic rings. The third-order valence-corrected chi connectivity index (χ3v) is 6.23. The second-order valence-corrected chi connectivity index (χ2v) is 8.69. The van der Waals surface area contributed by atoms with Gasteiger partial charge in [0.2, 0.25) is 5.91 Å². The lowest BCUT2D eigenvalue weighted by atomic mass is 10.2. The van der Waals surface area contributed by atoms with Crippen molar-refractivity contribution in [1.29, 1.82) is 0 Å². The smallest absolute Gasteiger partial charge is 0.251 e. The second-order valence-electron chi connectivity index (χ2n) is 7.70. The van der Waals surface area contributed by atoms with Crippen molar-refractivity contribution in [1.82, 2.24) is 25.1 Å². The quantitative estimate of drug-likeness (QED) is 0.286. The highest BCUT2D eigenvalue weighted by Crippen LogP contribution is 2.30. The molecule has 2 aromatic heterocycles. The fourth-order valence-corrected chi connectivity index (χ4v) is 4.09. The predicted octanol–water partition coefficient (Wildman–Crippen LogP) is 2.85. The second kappa shape index (κ2) is 12.1. The average Bonchev–Trinajstić information content (AvgIpc) is 3.33. The van der Waals surface area contributed by atoms with Crippen LogP contribution in [-0.2, 0) is 11.2 Å². The van der Waals surface area contributed by atoms with Crippen LogP contribution in [-0.4, -0.2) is 65.3 Å². The van der Waals surface area contributed by atoms with Gasteiger partial charge in [-0.05, 0) is 48.5 Å². The Morgan fingerprint density at radius 3 is 2.43 bits per heavy atom. The molecule has 0 unspecified atom stereocenters. The molecule has 12 heteroatoms. The first-order valence-electron chi connectivity index (χ1n) is 11.3. The van der Waals surface area contributed by atoms with Crippen LogP contribution in [0.2, 0.25) is 0 Å². The fraction of sp³-hybridized carbons (Fsp3) is 0.240. The van der Waals surface area contributed by atoms with Crippen LogP contribution in [0.15, 0.2) is 59.6 Å². The summed E-state index contributed by atoms with van der Waals surface area (Å²) in [4.78, 5) is 24.8. The SMILES string of the molecule is COc1ccc(C(=O)NCCc2nnc3ccc(SCC(=O)Nc4ccc(OC)c(OC)c4)nn23)cc1. The van der Waals surface area contributed by atoms with Crippen LogP contribution in [0.3, 0.4) is 0 Å². The van der Waals surface area contributed by atoms with Gasteiger partial charge in [0.1, 0.15) is 10.8 Å². The molecule has 4 rings (SSSR count). The number of amides is 2. The number of hydrogen-bond donors (Lipinski definition) is 2. The molecule has 0 spiro atoms. The highest BCUT2D eigenvalue weighted by Gasteiger charge is 2.12. The van der Waals surface area contributed by atoms with Gasteiger partial charge in [-0.25, -0.2) is 0 Å². The van der Waals surface area contributed by atoms with Gasteiger partial charge >= 0.3 is 0 Å². The minimum absolute atomic E-state index is 0.155. The third kappa shape index (κ3) is 6.47. The monoisotopic (exact) mass is 522 g/mol. The van der Waals surface area contributed by atoms with Crippen molar-refractivity contribution in [2.75, 3.05) is 38.9 Å². The van der Waals surface area contributed by atoms with Crippen molar-refractivity contribution in [2.24, 2.45) is 0 Å². The average molecular weight is 523 g/mol. The number of fused-ring (bicyclic) bond motifs is 1. The zero-order valence-corrected chi connectivity index (χ0v) is 21.4. The van der Waals surface area contributed by atoms with Crippen molar-refractivity contribution in [3.8, 4) is 17.2 Å². The van der Waals surface area contributed by atoms with Gasteiger partial charge in [-0.1, -0.05) is 11.8 Å². The van der Waals surface area contributed by atoms with Gasteiger partial charge in [0.25, 0.3) is 5.91 Å². The van der Waals surface area contributed by atoms with Crippen molar-refractivity contribution in [2.45, 2.75) is 11.4 Å². The zero-order chi connectivity index (χ0) is 26.2. The van der Waals surface area contributed by atoms with Crippen LogP contribution < -0.4 is 24.8 Å². The molecule has 0 saturated carbocycles. The van der Waals surface area contributed by atoms with Gasteiger partial charge in [-0.15, -0.1) is 10.2 Å². The summed E-state index contributed by atoms with van der Waals surface area (Å²) in [5.41, 5.74) is 1.72. The van der Waals surface area contributed by atoms with E-state index in [1.807, 2.05) is 0 Å². The molecule has 0 aliphatic heterocycles. The molecule has 2 amide bonds. The normalized spacial score (nSPS) is 10.7. The summed E-state index contributed by atoms with van der Waals surface area (Å²) in [6, 6.07) is 15.6. The minimum atomic E-state index is -0.193. The minimum Gasteiger partial charge on any atom is -0.497 e. The first-order valence-corrected chi connectivity index (χ1v) is 12.3. The first kappa shape index (κ1) is 25.8. The Morgan fingerprint density at radius 2 is 1.70 bits per heavy atom. The van der Waals surface area contributed by atoms with Crippen molar-refractivity contribution in [3.63, 3.8) is 0 Å². The van der Waals surface area contributed by atoms with Crippen molar-refractivity contribution >= 4 is 34.9 Å². The number of carbonyl (C=O) groups is 2. The van der Waals surface area contributed by atoms with E-state index >= 15 is 0 Å². The van der Waals surface area contributed by atoms with Gasteiger partial charge in [0.15, 0.2) is 23.0 Å². The Morgan fingerprint density at radius 1 is 0.919 bits per heavy atom. The molecule has 2 heterocycles. The first-order chi connectivity index (χ1) is 18.0. The van der Waals surface area contributed by atoms with Gasteiger partial charge < -0.3 is 24.8 Å². The van der Waals surface area contributed by atoms with Crippen molar-refractivity contribution < 1.29 is 23.8 Å². The molecule has 0 fully saturated rings. The standard InChI is InChI=1S/C25H26N6O5S/c1-34-18-7-4-16(5-8-18)25(33)26-13-12-22-29-28-21-10-11-24(30-31(21)22)37-15-23(32)27-17-6-9-19(35-2)20(14-17)36-3/h4-11,14H,12-13,15H2,1-3H3,(H,26,33)(H,27,32). The van der Waals surface area contributed by atoms with E-state index in [1.165, 1.54) is 18.9 Å². The largest absolute Gasteiger partial charge is 0.497 e. The number of ether oxygens (including phenoxy) is 3. The van der Waals surface area contributed by atoms with Crippen LogP contribution in [0.25, 0.3) is 5.65 Å². The van der Waals surface area contributed by atoms with E-state index in [0.29, 0.717) is 58.0 Å². The van der Waals surface area contributed by atoms with Crippen LogP contribution in [0.1, 0.15) is 16.2 Å². The molecule has 2 aromatic carbocycles. The molecule has 0 atom stereocenters. The van der Waals surface area contributed by atoms with Crippen LogP contribution in [0, 0.1) is 0 Å².